The first-order chi connectivity index (χ1) is 7.66. The number of hydrogen-bond acceptors (Lipinski definition) is 2. The fourth-order valence-corrected chi connectivity index (χ4v) is 1.17. The fraction of sp³-hybridized carbons (Fsp3) is 0. The molecule has 0 fully saturated rings. The van der Waals surface area contributed by atoms with Gasteiger partial charge < -0.3 is 5.32 Å². The number of amides is 1. The van der Waals surface area contributed by atoms with Gasteiger partial charge >= 0.3 is 0 Å². The Kier molecular flexibility index (Phi) is 2.63. The molecule has 0 aliphatic rings. The molecule has 0 aliphatic carbocycles. The maximum absolute atomic E-state index is 13.2. The Morgan fingerprint density at radius 1 is 1.31 bits per heavy atom. The second kappa shape index (κ2) is 4.09. The highest BCUT2D eigenvalue weighted by Gasteiger charge is 2.10. The first kappa shape index (κ1) is 10.3. The van der Waals surface area contributed by atoms with Crippen molar-refractivity contribution >= 4 is 11.6 Å². The number of rotatable bonds is 2. The maximum atomic E-state index is 13.2. The number of nitrogens with one attached hydrogen (secondary N) is 2. The third-order valence-electron chi connectivity index (χ3n) is 1.92. The van der Waals surface area contributed by atoms with Crippen LogP contribution < -0.4 is 5.32 Å². The standard InChI is InChI=1S/C10H7F2N3O/c11-6-1-2-7(12)9(5-6)14-10(16)8-3-4-13-15-8/h1-5H,(H,13,15)(H,14,16). The molecule has 1 heterocycles. The Morgan fingerprint density at radius 3 is 2.81 bits per heavy atom. The minimum Gasteiger partial charge on any atom is -0.318 e. The summed E-state index contributed by atoms with van der Waals surface area (Å²) in [5.74, 6) is -1.91. The average Bonchev–Trinajstić information content (AvgIpc) is 2.76. The largest absolute Gasteiger partial charge is 0.318 e. The van der Waals surface area contributed by atoms with Gasteiger partial charge in [-0.15, -0.1) is 0 Å². The molecule has 6 heteroatoms. The molecule has 2 aromatic rings. The highest BCUT2D eigenvalue weighted by atomic mass is 19.1. The van der Waals surface area contributed by atoms with Crippen molar-refractivity contribution in [3.8, 4) is 0 Å². The lowest BCUT2D eigenvalue weighted by Crippen LogP contribution is -2.13. The van der Waals surface area contributed by atoms with E-state index in [1.54, 1.807) is 0 Å². The molecular formula is C10H7F2N3O. The van der Waals surface area contributed by atoms with Gasteiger partial charge in [-0.25, -0.2) is 8.78 Å². The Morgan fingerprint density at radius 2 is 2.12 bits per heavy atom. The van der Waals surface area contributed by atoms with E-state index in [0.29, 0.717) is 0 Å². The van der Waals surface area contributed by atoms with Crippen LogP contribution >= 0.6 is 0 Å². The smallest absolute Gasteiger partial charge is 0.273 e. The van der Waals surface area contributed by atoms with Gasteiger partial charge in [0, 0.05) is 12.3 Å². The molecule has 2 rings (SSSR count). The fourth-order valence-electron chi connectivity index (χ4n) is 1.17. The molecule has 1 aromatic carbocycles. The lowest BCUT2D eigenvalue weighted by Gasteiger charge is -2.04. The molecule has 0 unspecified atom stereocenters. The number of anilines is 1. The van der Waals surface area contributed by atoms with Gasteiger partial charge in [0.1, 0.15) is 17.3 Å². The van der Waals surface area contributed by atoms with Crippen molar-refractivity contribution in [3.63, 3.8) is 0 Å². The highest BCUT2D eigenvalue weighted by molar-refractivity contribution is 6.02. The summed E-state index contributed by atoms with van der Waals surface area (Å²) in [6, 6.07) is 4.25. The van der Waals surface area contributed by atoms with Crippen LogP contribution in [0.1, 0.15) is 10.5 Å². The lowest BCUT2D eigenvalue weighted by molar-refractivity contribution is 0.102. The van der Waals surface area contributed by atoms with Crippen molar-refractivity contribution in [1.82, 2.24) is 10.2 Å². The summed E-state index contributed by atoms with van der Waals surface area (Å²) in [5, 5.41) is 8.21. The molecular weight excluding hydrogens is 216 g/mol. The number of halogens is 2. The van der Waals surface area contributed by atoms with Gasteiger partial charge in [0.2, 0.25) is 0 Å². The van der Waals surface area contributed by atoms with Crippen LogP contribution in [0.2, 0.25) is 0 Å². The summed E-state index contributed by atoms with van der Waals surface area (Å²) < 4.78 is 26.0. The molecule has 0 bridgehead atoms. The predicted molar refractivity (Wildman–Crippen MR) is 52.9 cm³/mol. The van der Waals surface area contributed by atoms with Crippen molar-refractivity contribution in [3.05, 3.63) is 47.8 Å². The Labute approximate surface area is 89.3 Å². The van der Waals surface area contributed by atoms with E-state index in [-0.39, 0.29) is 11.4 Å². The van der Waals surface area contributed by atoms with Gasteiger partial charge in [-0.3, -0.25) is 9.89 Å². The Bertz CT molecular complexity index is 511. The first-order valence-corrected chi connectivity index (χ1v) is 4.42. The zero-order valence-electron chi connectivity index (χ0n) is 8.00. The maximum Gasteiger partial charge on any atom is 0.273 e. The molecule has 0 saturated carbocycles. The molecule has 82 valence electrons. The number of benzene rings is 1. The van der Waals surface area contributed by atoms with Crippen molar-refractivity contribution in [2.24, 2.45) is 0 Å². The Hall–Kier alpha value is -2.24. The van der Waals surface area contributed by atoms with Gasteiger partial charge in [-0.1, -0.05) is 0 Å². The summed E-state index contributed by atoms with van der Waals surface area (Å²) in [6.45, 7) is 0. The van der Waals surface area contributed by atoms with Crippen LogP contribution in [0.3, 0.4) is 0 Å². The van der Waals surface area contributed by atoms with E-state index in [1.807, 2.05) is 0 Å². The molecule has 0 saturated heterocycles. The van der Waals surface area contributed by atoms with Crippen LogP contribution in [-0.2, 0) is 0 Å². The van der Waals surface area contributed by atoms with Crippen molar-refractivity contribution in [2.75, 3.05) is 5.32 Å². The highest BCUT2D eigenvalue weighted by Crippen LogP contribution is 2.15. The van der Waals surface area contributed by atoms with Crippen LogP contribution in [-0.4, -0.2) is 16.1 Å². The predicted octanol–water partition coefficient (Wildman–Crippen LogP) is 1.94. The van der Waals surface area contributed by atoms with Gasteiger partial charge in [0.15, 0.2) is 0 Å². The second-order valence-corrected chi connectivity index (χ2v) is 3.05. The topological polar surface area (TPSA) is 57.8 Å². The minimum atomic E-state index is -0.700. The monoisotopic (exact) mass is 223 g/mol. The molecule has 4 nitrogen and oxygen atoms in total. The van der Waals surface area contributed by atoms with E-state index in [2.05, 4.69) is 15.5 Å². The third kappa shape index (κ3) is 2.05. The number of carbonyl (C=O) groups is 1. The van der Waals surface area contributed by atoms with Crippen LogP contribution in [0.4, 0.5) is 14.5 Å². The molecule has 0 radical (unpaired) electrons. The summed E-state index contributed by atoms with van der Waals surface area (Å²) in [6.07, 6.45) is 1.39. The normalized spacial score (nSPS) is 10.1. The average molecular weight is 223 g/mol. The zero-order valence-corrected chi connectivity index (χ0v) is 8.00. The summed E-state index contributed by atoms with van der Waals surface area (Å²) in [5.41, 5.74) is -0.0386. The van der Waals surface area contributed by atoms with Crippen LogP contribution in [0.15, 0.2) is 30.5 Å². The minimum absolute atomic E-state index is 0.170. The number of nitrogens with zero attached hydrogens (tertiary/aromatic N) is 1. The zero-order chi connectivity index (χ0) is 11.5. The van der Waals surface area contributed by atoms with Crippen molar-refractivity contribution < 1.29 is 13.6 Å². The molecule has 0 aliphatic heterocycles. The van der Waals surface area contributed by atoms with Crippen molar-refractivity contribution in [2.45, 2.75) is 0 Å². The lowest BCUT2D eigenvalue weighted by atomic mass is 10.3. The van der Waals surface area contributed by atoms with Gasteiger partial charge in [-0.2, -0.15) is 5.10 Å². The van der Waals surface area contributed by atoms with E-state index in [0.717, 1.165) is 18.2 Å². The van der Waals surface area contributed by atoms with Crippen LogP contribution in [0.25, 0.3) is 0 Å². The van der Waals surface area contributed by atoms with Gasteiger partial charge in [-0.05, 0) is 18.2 Å². The summed E-state index contributed by atoms with van der Waals surface area (Å²) in [7, 11) is 0. The number of aromatic amines is 1. The molecule has 2 N–H and O–H groups in total. The third-order valence-corrected chi connectivity index (χ3v) is 1.92. The van der Waals surface area contributed by atoms with E-state index < -0.39 is 17.5 Å². The van der Waals surface area contributed by atoms with E-state index >= 15 is 0 Å². The van der Waals surface area contributed by atoms with E-state index in [4.69, 9.17) is 0 Å². The molecule has 1 aromatic heterocycles. The number of H-pyrrole nitrogens is 1. The number of hydrogen-bond donors (Lipinski definition) is 2. The van der Waals surface area contributed by atoms with E-state index in [1.165, 1.54) is 12.3 Å². The Balaban J connectivity index is 2.21. The van der Waals surface area contributed by atoms with Gasteiger partial charge in [0.25, 0.3) is 5.91 Å². The van der Waals surface area contributed by atoms with Crippen LogP contribution in [0, 0.1) is 11.6 Å². The second-order valence-electron chi connectivity index (χ2n) is 3.05. The number of carbonyl (C=O) groups excluding carboxylic acids is 1. The molecule has 16 heavy (non-hydrogen) atoms. The SMILES string of the molecule is O=C(Nc1cc(F)ccc1F)c1ccn[nH]1. The first-order valence-electron chi connectivity index (χ1n) is 4.42. The van der Waals surface area contributed by atoms with Crippen LogP contribution in [0.5, 0.6) is 0 Å². The van der Waals surface area contributed by atoms with Crippen molar-refractivity contribution in [1.29, 1.82) is 0 Å². The molecule has 0 atom stereocenters. The summed E-state index contributed by atoms with van der Waals surface area (Å²) >= 11 is 0. The molecule has 0 spiro atoms. The quantitative estimate of drug-likeness (QED) is 0.817. The van der Waals surface area contributed by atoms with Gasteiger partial charge in [0.05, 0.1) is 5.69 Å². The summed E-state index contributed by atoms with van der Waals surface area (Å²) in [4.78, 5) is 11.5. The number of aromatic nitrogens is 2. The molecule has 1 amide bonds. The van der Waals surface area contributed by atoms with E-state index in [9.17, 15) is 13.6 Å².